The van der Waals surface area contributed by atoms with E-state index < -0.39 is 0 Å². The van der Waals surface area contributed by atoms with Gasteiger partial charge in [-0.15, -0.1) is 6.58 Å². The lowest BCUT2D eigenvalue weighted by atomic mass is 10.1. The molecule has 80 valence electrons. The average molecular weight is 203 g/mol. The highest BCUT2D eigenvalue weighted by Crippen LogP contribution is 2.24. The summed E-state index contributed by atoms with van der Waals surface area (Å²) in [6.07, 6.45) is 4.38. The van der Waals surface area contributed by atoms with Crippen LogP contribution in [-0.4, -0.2) is 6.61 Å². The van der Waals surface area contributed by atoms with Gasteiger partial charge in [0.15, 0.2) is 0 Å². The summed E-state index contributed by atoms with van der Waals surface area (Å²) in [5, 5.41) is 0. The third-order valence-electron chi connectivity index (χ3n) is 2.11. The highest BCUT2D eigenvalue weighted by molar-refractivity contribution is 5.42. The predicted molar refractivity (Wildman–Crippen MR) is 63.9 cm³/mol. The molecule has 0 spiro atoms. The van der Waals surface area contributed by atoms with E-state index in [1.807, 2.05) is 24.3 Å². The van der Waals surface area contributed by atoms with Crippen molar-refractivity contribution in [1.29, 1.82) is 0 Å². The van der Waals surface area contributed by atoms with E-state index in [1.165, 1.54) is 0 Å². The van der Waals surface area contributed by atoms with Gasteiger partial charge in [0.05, 0.1) is 0 Å². The summed E-state index contributed by atoms with van der Waals surface area (Å²) < 4.78 is 5.62. The number of nitrogens with two attached hydrogens (primary N) is 1. The summed E-state index contributed by atoms with van der Waals surface area (Å²) in [6.45, 7) is 8.34. The van der Waals surface area contributed by atoms with E-state index in [2.05, 4.69) is 13.2 Å². The Bertz CT molecular complexity index is 344. The number of benzene rings is 1. The second-order valence-electron chi connectivity index (χ2n) is 3.20. The number of ether oxygens (including phenoxy) is 1. The van der Waals surface area contributed by atoms with E-state index in [-0.39, 0.29) is 0 Å². The molecule has 0 atom stereocenters. The average Bonchev–Trinajstić information content (AvgIpc) is 2.27. The van der Waals surface area contributed by atoms with Crippen LogP contribution >= 0.6 is 0 Å². The van der Waals surface area contributed by atoms with E-state index in [1.54, 1.807) is 6.08 Å². The van der Waals surface area contributed by atoms with Crippen molar-refractivity contribution in [2.24, 2.45) is 5.73 Å². The molecular weight excluding hydrogens is 186 g/mol. The van der Waals surface area contributed by atoms with Gasteiger partial charge in [0.1, 0.15) is 12.4 Å². The van der Waals surface area contributed by atoms with Crippen LogP contribution in [0, 0.1) is 0 Å². The Morgan fingerprint density at radius 1 is 1.20 bits per heavy atom. The molecule has 0 saturated heterocycles. The van der Waals surface area contributed by atoms with Gasteiger partial charge < -0.3 is 10.5 Å². The first-order valence-corrected chi connectivity index (χ1v) is 4.99. The summed E-state index contributed by atoms with van der Waals surface area (Å²) in [6, 6.07) is 5.99. The summed E-state index contributed by atoms with van der Waals surface area (Å²) in [7, 11) is 0. The molecule has 1 rings (SSSR count). The minimum atomic E-state index is 0.484. The fourth-order valence-corrected chi connectivity index (χ4v) is 1.44. The lowest BCUT2D eigenvalue weighted by Gasteiger charge is -2.13. The Morgan fingerprint density at radius 2 is 1.93 bits per heavy atom. The van der Waals surface area contributed by atoms with E-state index in [4.69, 9.17) is 10.5 Å². The standard InChI is InChI=1S/C13H17NO/c1-3-6-11-7-5-8-12(10-14)13(11)15-9-4-2/h3-5,7-8H,1-2,6,9-10,14H2. The van der Waals surface area contributed by atoms with E-state index in [0.717, 1.165) is 23.3 Å². The van der Waals surface area contributed by atoms with Crippen LogP contribution in [0.3, 0.4) is 0 Å². The molecule has 0 radical (unpaired) electrons. The summed E-state index contributed by atoms with van der Waals surface area (Å²) in [5.41, 5.74) is 7.80. The molecule has 2 N–H and O–H groups in total. The molecule has 0 saturated carbocycles. The third-order valence-corrected chi connectivity index (χ3v) is 2.11. The highest BCUT2D eigenvalue weighted by atomic mass is 16.5. The molecule has 15 heavy (non-hydrogen) atoms. The Hall–Kier alpha value is -1.54. The number of para-hydroxylation sites is 1. The maximum Gasteiger partial charge on any atom is 0.127 e. The van der Waals surface area contributed by atoms with Crippen molar-refractivity contribution in [2.45, 2.75) is 13.0 Å². The van der Waals surface area contributed by atoms with Crippen LogP contribution < -0.4 is 10.5 Å². The zero-order chi connectivity index (χ0) is 11.1. The number of hydrogen-bond donors (Lipinski definition) is 1. The first-order valence-electron chi connectivity index (χ1n) is 4.99. The lowest BCUT2D eigenvalue weighted by Crippen LogP contribution is -2.05. The van der Waals surface area contributed by atoms with Gasteiger partial charge in [0, 0.05) is 12.1 Å². The molecular formula is C13H17NO. The summed E-state index contributed by atoms with van der Waals surface area (Å²) >= 11 is 0. The van der Waals surface area contributed by atoms with Crippen molar-refractivity contribution in [1.82, 2.24) is 0 Å². The molecule has 0 aliphatic rings. The fourth-order valence-electron chi connectivity index (χ4n) is 1.44. The smallest absolute Gasteiger partial charge is 0.127 e. The fraction of sp³-hybridized carbons (Fsp3) is 0.231. The van der Waals surface area contributed by atoms with Crippen LogP contribution in [0.4, 0.5) is 0 Å². The highest BCUT2D eigenvalue weighted by Gasteiger charge is 2.06. The van der Waals surface area contributed by atoms with Crippen molar-refractivity contribution < 1.29 is 4.74 Å². The van der Waals surface area contributed by atoms with E-state index in [0.29, 0.717) is 13.2 Å². The van der Waals surface area contributed by atoms with Crippen molar-refractivity contribution >= 4 is 0 Å². The van der Waals surface area contributed by atoms with Crippen LogP contribution in [0.25, 0.3) is 0 Å². The molecule has 0 aliphatic heterocycles. The maximum atomic E-state index is 5.66. The summed E-state index contributed by atoms with van der Waals surface area (Å²) in [5.74, 6) is 0.875. The third kappa shape index (κ3) is 2.96. The molecule has 1 aromatic rings. The van der Waals surface area contributed by atoms with Crippen molar-refractivity contribution in [3.63, 3.8) is 0 Å². The minimum absolute atomic E-state index is 0.484. The molecule has 0 amide bonds. The second-order valence-corrected chi connectivity index (χ2v) is 3.20. The Kier molecular flexibility index (Phi) is 4.64. The van der Waals surface area contributed by atoms with Crippen molar-refractivity contribution in [2.75, 3.05) is 6.61 Å². The normalized spacial score (nSPS) is 9.67. The molecule has 2 nitrogen and oxygen atoms in total. The monoisotopic (exact) mass is 203 g/mol. The molecule has 0 aromatic heterocycles. The first-order chi connectivity index (χ1) is 7.33. The topological polar surface area (TPSA) is 35.2 Å². The van der Waals surface area contributed by atoms with Gasteiger partial charge in [-0.2, -0.15) is 0 Å². The van der Waals surface area contributed by atoms with Gasteiger partial charge >= 0.3 is 0 Å². The van der Waals surface area contributed by atoms with E-state index >= 15 is 0 Å². The molecule has 1 aromatic carbocycles. The number of hydrogen-bond acceptors (Lipinski definition) is 2. The molecule has 0 fully saturated rings. The van der Waals surface area contributed by atoms with Crippen LogP contribution in [-0.2, 0) is 13.0 Å². The molecule has 0 aliphatic carbocycles. The zero-order valence-corrected chi connectivity index (χ0v) is 8.91. The van der Waals surface area contributed by atoms with Gasteiger partial charge in [-0.3, -0.25) is 0 Å². The first kappa shape index (κ1) is 11.5. The van der Waals surface area contributed by atoms with Crippen LogP contribution in [0.15, 0.2) is 43.5 Å². The predicted octanol–water partition coefficient (Wildman–Crippen LogP) is 2.44. The van der Waals surface area contributed by atoms with Gasteiger partial charge in [-0.25, -0.2) is 0 Å². The molecule has 0 heterocycles. The molecule has 0 unspecified atom stereocenters. The second kappa shape index (κ2) is 6.04. The van der Waals surface area contributed by atoms with Gasteiger partial charge in [-0.05, 0) is 12.0 Å². The van der Waals surface area contributed by atoms with Crippen LogP contribution in [0.1, 0.15) is 11.1 Å². The van der Waals surface area contributed by atoms with E-state index in [9.17, 15) is 0 Å². The van der Waals surface area contributed by atoms with Gasteiger partial charge in [0.2, 0.25) is 0 Å². The quantitative estimate of drug-likeness (QED) is 0.721. The number of allylic oxidation sites excluding steroid dienone is 1. The van der Waals surface area contributed by atoms with Crippen molar-refractivity contribution in [3.8, 4) is 5.75 Å². The SMILES string of the molecule is C=CCOc1c(CN)cccc1CC=C. The van der Waals surface area contributed by atoms with Crippen LogP contribution in [0.5, 0.6) is 5.75 Å². The minimum Gasteiger partial charge on any atom is -0.489 e. The maximum absolute atomic E-state index is 5.66. The Balaban J connectivity index is 3.01. The van der Waals surface area contributed by atoms with Crippen molar-refractivity contribution in [3.05, 3.63) is 54.6 Å². The Labute approximate surface area is 91.1 Å². The molecule has 2 heteroatoms. The zero-order valence-electron chi connectivity index (χ0n) is 8.91. The number of rotatable bonds is 6. The summed E-state index contributed by atoms with van der Waals surface area (Å²) in [4.78, 5) is 0. The van der Waals surface area contributed by atoms with Gasteiger partial charge in [-0.1, -0.05) is 36.9 Å². The van der Waals surface area contributed by atoms with Crippen LogP contribution in [0.2, 0.25) is 0 Å². The largest absolute Gasteiger partial charge is 0.489 e. The lowest BCUT2D eigenvalue weighted by molar-refractivity contribution is 0.356. The Morgan fingerprint density at radius 3 is 2.53 bits per heavy atom. The van der Waals surface area contributed by atoms with Gasteiger partial charge in [0.25, 0.3) is 0 Å². The molecule has 0 bridgehead atoms.